The van der Waals surface area contributed by atoms with Crippen LogP contribution in [0.25, 0.3) is 0 Å². The van der Waals surface area contributed by atoms with Crippen LogP contribution in [0.3, 0.4) is 0 Å². The number of benzene rings is 1. The standard InChI is InChI=1S/C13H18N2O4/c1-8(13(14)17)6-12(16)15-9-4-5-10(18-2)11(7-9)19-3/h4-5,7-8H,6H2,1-3H3,(H2,14,17)(H,15,16). The fraction of sp³-hybridized carbons (Fsp3) is 0.385. The maximum absolute atomic E-state index is 11.7. The maximum atomic E-state index is 11.7. The number of nitrogens with one attached hydrogen (secondary N) is 1. The minimum atomic E-state index is -0.500. The second kappa shape index (κ2) is 6.63. The van der Waals surface area contributed by atoms with Gasteiger partial charge in [-0.1, -0.05) is 6.92 Å². The summed E-state index contributed by atoms with van der Waals surface area (Å²) in [5, 5.41) is 2.67. The summed E-state index contributed by atoms with van der Waals surface area (Å²) in [7, 11) is 3.04. The third kappa shape index (κ3) is 4.17. The largest absolute Gasteiger partial charge is 0.493 e. The Morgan fingerprint density at radius 1 is 1.26 bits per heavy atom. The van der Waals surface area contributed by atoms with Crippen molar-refractivity contribution in [1.29, 1.82) is 0 Å². The Balaban J connectivity index is 2.72. The highest BCUT2D eigenvalue weighted by Gasteiger charge is 2.14. The third-order valence-electron chi connectivity index (χ3n) is 2.64. The number of hydrogen-bond donors (Lipinski definition) is 2. The van der Waals surface area contributed by atoms with Crippen molar-refractivity contribution in [3.8, 4) is 11.5 Å². The van der Waals surface area contributed by atoms with Gasteiger partial charge in [-0.05, 0) is 12.1 Å². The van der Waals surface area contributed by atoms with Crippen LogP contribution in [0.15, 0.2) is 18.2 Å². The number of amides is 2. The second-order valence-corrected chi connectivity index (χ2v) is 4.13. The van der Waals surface area contributed by atoms with Crippen LogP contribution in [0.1, 0.15) is 13.3 Å². The Morgan fingerprint density at radius 2 is 1.89 bits per heavy atom. The molecule has 0 aliphatic heterocycles. The van der Waals surface area contributed by atoms with E-state index in [-0.39, 0.29) is 12.3 Å². The lowest BCUT2D eigenvalue weighted by Crippen LogP contribution is -2.25. The van der Waals surface area contributed by atoms with Crippen molar-refractivity contribution in [1.82, 2.24) is 0 Å². The van der Waals surface area contributed by atoms with Gasteiger partial charge >= 0.3 is 0 Å². The second-order valence-electron chi connectivity index (χ2n) is 4.13. The van der Waals surface area contributed by atoms with Gasteiger partial charge < -0.3 is 20.5 Å². The number of primary amides is 1. The van der Waals surface area contributed by atoms with Crippen molar-refractivity contribution in [2.75, 3.05) is 19.5 Å². The van der Waals surface area contributed by atoms with E-state index in [4.69, 9.17) is 15.2 Å². The van der Waals surface area contributed by atoms with Gasteiger partial charge in [0.1, 0.15) is 0 Å². The lowest BCUT2D eigenvalue weighted by atomic mass is 10.1. The molecule has 0 aliphatic carbocycles. The normalized spacial score (nSPS) is 11.5. The molecule has 0 radical (unpaired) electrons. The first-order chi connectivity index (χ1) is 8.97. The van der Waals surface area contributed by atoms with Crippen molar-refractivity contribution in [3.63, 3.8) is 0 Å². The molecule has 0 fully saturated rings. The van der Waals surface area contributed by atoms with Gasteiger partial charge in [-0.3, -0.25) is 9.59 Å². The summed E-state index contributed by atoms with van der Waals surface area (Å²) >= 11 is 0. The molecule has 0 saturated carbocycles. The Hall–Kier alpha value is -2.24. The average molecular weight is 266 g/mol. The molecule has 0 aliphatic rings. The first-order valence-electron chi connectivity index (χ1n) is 5.79. The van der Waals surface area contributed by atoms with Crippen LogP contribution in [0.5, 0.6) is 11.5 Å². The number of anilines is 1. The van der Waals surface area contributed by atoms with Gasteiger partial charge in [-0.15, -0.1) is 0 Å². The quantitative estimate of drug-likeness (QED) is 0.808. The molecule has 2 amide bonds. The highest BCUT2D eigenvalue weighted by molar-refractivity contribution is 5.94. The molecule has 0 spiro atoms. The minimum Gasteiger partial charge on any atom is -0.493 e. The number of ether oxygens (including phenoxy) is 2. The SMILES string of the molecule is COc1ccc(NC(=O)CC(C)C(N)=O)cc1OC. The molecule has 1 aromatic rings. The minimum absolute atomic E-state index is 0.0453. The summed E-state index contributed by atoms with van der Waals surface area (Å²) in [6.07, 6.45) is 0.0453. The number of nitrogens with two attached hydrogens (primary N) is 1. The molecule has 104 valence electrons. The van der Waals surface area contributed by atoms with Crippen molar-refractivity contribution >= 4 is 17.5 Å². The van der Waals surface area contributed by atoms with Crippen LogP contribution in [0.2, 0.25) is 0 Å². The summed E-state index contributed by atoms with van der Waals surface area (Å²) < 4.78 is 10.2. The van der Waals surface area contributed by atoms with Gasteiger partial charge in [-0.25, -0.2) is 0 Å². The van der Waals surface area contributed by atoms with Crippen molar-refractivity contribution < 1.29 is 19.1 Å². The maximum Gasteiger partial charge on any atom is 0.225 e. The number of methoxy groups -OCH3 is 2. The van der Waals surface area contributed by atoms with E-state index in [2.05, 4.69) is 5.32 Å². The summed E-state index contributed by atoms with van der Waals surface area (Å²) in [5.74, 6) is -0.185. The van der Waals surface area contributed by atoms with Crippen LogP contribution in [0, 0.1) is 5.92 Å². The molecule has 0 bridgehead atoms. The van der Waals surface area contributed by atoms with E-state index < -0.39 is 11.8 Å². The Kier molecular flexibility index (Phi) is 5.17. The third-order valence-corrected chi connectivity index (χ3v) is 2.64. The smallest absolute Gasteiger partial charge is 0.225 e. The van der Waals surface area contributed by atoms with Gasteiger partial charge in [0.2, 0.25) is 11.8 Å². The topological polar surface area (TPSA) is 90.6 Å². The van der Waals surface area contributed by atoms with E-state index in [1.54, 1.807) is 25.1 Å². The van der Waals surface area contributed by atoms with E-state index in [0.717, 1.165) is 0 Å². The first kappa shape index (κ1) is 14.8. The molecule has 1 atom stereocenters. The van der Waals surface area contributed by atoms with Crippen molar-refractivity contribution in [2.24, 2.45) is 11.7 Å². The molecule has 1 rings (SSSR count). The summed E-state index contributed by atoms with van der Waals surface area (Å²) in [5.41, 5.74) is 5.67. The van der Waals surface area contributed by atoms with Gasteiger partial charge in [-0.2, -0.15) is 0 Å². The summed E-state index contributed by atoms with van der Waals surface area (Å²) in [4.78, 5) is 22.6. The van der Waals surface area contributed by atoms with Gasteiger partial charge in [0, 0.05) is 24.1 Å². The Morgan fingerprint density at radius 3 is 2.42 bits per heavy atom. The van der Waals surface area contributed by atoms with Gasteiger partial charge in [0.15, 0.2) is 11.5 Å². The number of rotatable bonds is 6. The highest BCUT2D eigenvalue weighted by Crippen LogP contribution is 2.29. The highest BCUT2D eigenvalue weighted by atomic mass is 16.5. The number of carbonyl (C=O) groups excluding carboxylic acids is 2. The molecule has 1 unspecified atom stereocenters. The molecule has 6 heteroatoms. The summed E-state index contributed by atoms with van der Waals surface area (Å²) in [6, 6.07) is 5.02. The lowest BCUT2D eigenvalue weighted by molar-refractivity contribution is -0.125. The first-order valence-corrected chi connectivity index (χ1v) is 5.79. The van der Waals surface area contributed by atoms with Crippen LogP contribution in [0.4, 0.5) is 5.69 Å². The van der Waals surface area contributed by atoms with E-state index in [0.29, 0.717) is 17.2 Å². The molecule has 1 aromatic carbocycles. The van der Waals surface area contributed by atoms with Crippen molar-refractivity contribution in [2.45, 2.75) is 13.3 Å². The van der Waals surface area contributed by atoms with E-state index >= 15 is 0 Å². The van der Waals surface area contributed by atoms with Gasteiger partial charge in [0.05, 0.1) is 14.2 Å². The summed E-state index contributed by atoms with van der Waals surface area (Å²) in [6.45, 7) is 1.61. The van der Waals surface area contributed by atoms with E-state index in [9.17, 15) is 9.59 Å². The average Bonchev–Trinajstić information content (AvgIpc) is 2.38. The van der Waals surface area contributed by atoms with Crippen LogP contribution in [-0.4, -0.2) is 26.0 Å². The molecule has 19 heavy (non-hydrogen) atoms. The molecule has 6 nitrogen and oxygen atoms in total. The zero-order chi connectivity index (χ0) is 14.4. The van der Waals surface area contributed by atoms with Crippen LogP contribution < -0.4 is 20.5 Å². The molecule has 0 heterocycles. The predicted molar refractivity (Wildman–Crippen MR) is 71.2 cm³/mol. The molecule has 0 saturated heterocycles. The zero-order valence-electron chi connectivity index (χ0n) is 11.2. The zero-order valence-corrected chi connectivity index (χ0v) is 11.2. The monoisotopic (exact) mass is 266 g/mol. The predicted octanol–water partition coefficient (Wildman–Crippen LogP) is 1.15. The fourth-order valence-corrected chi connectivity index (χ4v) is 1.50. The van der Waals surface area contributed by atoms with Crippen LogP contribution >= 0.6 is 0 Å². The Bertz CT molecular complexity index is 474. The fourth-order valence-electron chi connectivity index (χ4n) is 1.50. The van der Waals surface area contributed by atoms with Gasteiger partial charge in [0.25, 0.3) is 0 Å². The lowest BCUT2D eigenvalue weighted by Gasteiger charge is -2.11. The number of carbonyl (C=O) groups is 2. The molecule has 0 aromatic heterocycles. The van der Waals surface area contributed by atoms with Crippen LogP contribution in [-0.2, 0) is 9.59 Å². The molecular formula is C13H18N2O4. The van der Waals surface area contributed by atoms with E-state index in [1.165, 1.54) is 14.2 Å². The molecule has 3 N–H and O–H groups in total. The number of hydrogen-bond acceptors (Lipinski definition) is 4. The Labute approximate surface area is 111 Å². The molecular weight excluding hydrogens is 248 g/mol. The van der Waals surface area contributed by atoms with Crippen molar-refractivity contribution in [3.05, 3.63) is 18.2 Å². The van der Waals surface area contributed by atoms with E-state index in [1.807, 2.05) is 0 Å².